The van der Waals surface area contributed by atoms with Crippen LogP contribution < -0.4 is 10.5 Å². The van der Waals surface area contributed by atoms with Crippen molar-refractivity contribution in [3.05, 3.63) is 40.6 Å². The van der Waals surface area contributed by atoms with Crippen molar-refractivity contribution in [1.82, 2.24) is 9.78 Å². The normalized spacial score (nSPS) is 12.4. The van der Waals surface area contributed by atoms with Crippen LogP contribution in [0.15, 0.2) is 35.1 Å². The van der Waals surface area contributed by atoms with E-state index in [0.717, 1.165) is 35.4 Å². The Morgan fingerprint density at radius 3 is 2.85 bits per heavy atom. The average molecular weight is 338 g/mol. The van der Waals surface area contributed by atoms with Crippen molar-refractivity contribution in [1.29, 1.82) is 0 Å². The van der Waals surface area contributed by atoms with Crippen molar-refractivity contribution in [2.75, 3.05) is 0 Å². The van der Waals surface area contributed by atoms with Gasteiger partial charge in [-0.25, -0.2) is 0 Å². The van der Waals surface area contributed by atoms with Crippen molar-refractivity contribution in [2.24, 2.45) is 5.73 Å². The van der Waals surface area contributed by atoms with E-state index in [4.69, 9.17) is 10.5 Å². The quantitative estimate of drug-likeness (QED) is 0.873. The van der Waals surface area contributed by atoms with Gasteiger partial charge in [-0.1, -0.05) is 28.9 Å². The van der Waals surface area contributed by atoms with Gasteiger partial charge < -0.3 is 10.5 Å². The molecule has 5 heteroatoms. The minimum atomic E-state index is 0.144. The second-order valence-electron chi connectivity index (χ2n) is 4.98. The Kier molecular flexibility index (Phi) is 5.20. The van der Waals surface area contributed by atoms with Crippen LogP contribution in [0.3, 0.4) is 0 Å². The molecule has 1 atom stereocenters. The zero-order chi connectivity index (χ0) is 14.5. The summed E-state index contributed by atoms with van der Waals surface area (Å²) in [6.45, 7) is 5.02. The zero-order valence-electron chi connectivity index (χ0n) is 11.8. The molecular weight excluding hydrogens is 318 g/mol. The number of aromatic nitrogens is 2. The van der Waals surface area contributed by atoms with E-state index in [-0.39, 0.29) is 6.04 Å². The molecule has 4 nitrogen and oxygen atoms in total. The summed E-state index contributed by atoms with van der Waals surface area (Å²) in [5.74, 6) is 1.55. The first-order valence-electron chi connectivity index (χ1n) is 6.82. The van der Waals surface area contributed by atoms with E-state index in [2.05, 4.69) is 28.0 Å². The molecule has 20 heavy (non-hydrogen) atoms. The average Bonchev–Trinajstić information content (AvgIpc) is 2.80. The molecule has 1 aromatic carbocycles. The number of nitrogens with two attached hydrogens (primary N) is 1. The van der Waals surface area contributed by atoms with E-state index < -0.39 is 0 Å². The molecule has 1 heterocycles. The minimum Gasteiger partial charge on any atom is -0.454 e. The first kappa shape index (κ1) is 15.1. The second kappa shape index (κ2) is 6.90. The third-order valence-electron chi connectivity index (χ3n) is 2.86. The molecule has 0 amide bonds. The largest absolute Gasteiger partial charge is 0.454 e. The Hall–Kier alpha value is -1.33. The van der Waals surface area contributed by atoms with Gasteiger partial charge in [-0.3, -0.25) is 4.68 Å². The van der Waals surface area contributed by atoms with Gasteiger partial charge in [-0.05, 0) is 37.5 Å². The SMILES string of the molecule is CCCn1cc(Oc2ccc(CC(C)N)c(Br)c2)cn1. The minimum absolute atomic E-state index is 0.144. The van der Waals surface area contributed by atoms with Crippen LogP contribution in [-0.2, 0) is 13.0 Å². The fourth-order valence-electron chi connectivity index (χ4n) is 1.99. The molecule has 1 unspecified atom stereocenters. The smallest absolute Gasteiger partial charge is 0.165 e. The standard InChI is InChI=1S/C15H20BrN3O/c1-3-6-19-10-14(9-18-19)20-13-5-4-12(7-11(2)17)15(16)8-13/h4-5,8-11H,3,6-7,17H2,1-2H3. The Bertz CT molecular complexity index is 566. The first-order valence-corrected chi connectivity index (χ1v) is 7.62. The Morgan fingerprint density at radius 2 is 2.20 bits per heavy atom. The molecule has 1 aromatic heterocycles. The number of halogens is 1. The van der Waals surface area contributed by atoms with Crippen molar-refractivity contribution < 1.29 is 4.74 Å². The topological polar surface area (TPSA) is 53.1 Å². The van der Waals surface area contributed by atoms with Crippen LogP contribution >= 0.6 is 15.9 Å². The van der Waals surface area contributed by atoms with E-state index in [1.54, 1.807) is 6.20 Å². The lowest BCUT2D eigenvalue weighted by molar-refractivity contribution is 0.480. The van der Waals surface area contributed by atoms with Crippen LogP contribution in [0.1, 0.15) is 25.8 Å². The summed E-state index contributed by atoms with van der Waals surface area (Å²) in [5, 5.41) is 4.24. The molecule has 0 aliphatic carbocycles. The van der Waals surface area contributed by atoms with E-state index >= 15 is 0 Å². The number of benzene rings is 1. The molecule has 0 fully saturated rings. The maximum Gasteiger partial charge on any atom is 0.165 e. The maximum absolute atomic E-state index is 5.82. The molecule has 0 aliphatic heterocycles. The predicted octanol–water partition coefficient (Wildman–Crippen LogP) is 3.74. The van der Waals surface area contributed by atoms with E-state index in [0.29, 0.717) is 0 Å². The molecule has 0 saturated carbocycles. The fraction of sp³-hybridized carbons (Fsp3) is 0.400. The lowest BCUT2D eigenvalue weighted by Crippen LogP contribution is -2.17. The second-order valence-corrected chi connectivity index (χ2v) is 5.83. The van der Waals surface area contributed by atoms with E-state index in [1.165, 1.54) is 5.56 Å². The molecule has 108 valence electrons. The zero-order valence-corrected chi connectivity index (χ0v) is 13.4. The summed E-state index contributed by atoms with van der Waals surface area (Å²) in [4.78, 5) is 0. The van der Waals surface area contributed by atoms with E-state index in [1.807, 2.05) is 36.0 Å². The molecule has 2 aromatic rings. The Balaban J connectivity index is 2.07. The molecule has 2 N–H and O–H groups in total. The number of nitrogens with zero attached hydrogens (tertiary/aromatic N) is 2. The van der Waals surface area contributed by atoms with Crippen LogP contribution in [-0.4, -0.2) is 15.8 Å². The maximum atomic E-state index is 5.82. The van der Waals surface area contributed by atoms with Gasteiger partial charge in [0.1, 0.15) is 5.75 Å². The number of aryl methyl sites for hydroxylation is 1. The van der Waals surface area contributed by atoms with Gasteiger partial charge in [-0.2, -0.15) is 5.10 Å². The van der Waals surface area contributed by atoms with Gasteiger partial charge in [0.25, 0.3) is 0 Å². The summed E-state index contributed by atoms with van der Waals surface area (Å²) in [7, 11) is 0. The van der Waals surface area contributed by atoms with Crippen LogP contribution in [0.2, 0.25) is 0 Å². The Labute approximate surface area is 128 Å². The summed E-state index contributed by atoms with van der Waals surface area (Å²) >= 11 is 3.56. The van der Waals surface area contributed by atoms with Crippen molar-refractivity contribution in [3.8, 4) is 11.5 Å². The van der Waals surface area contributed by atoms with E-state index in [9.17, 15) is 0 Å². The molecule has 0 saturated heterocycles. The molecule has 0 bridgehead atoms. The number of hydrogen-bond acceptors (Lipinski definition) is 3. The summed E-state index contributed by atoms with van der Waals surface area (Å²) in [6, 6.07) is 6.11. The van der Waals surface area contributed by atoms with Crippen LogP contribution in [0.25, 0.3) is 0 Å². The molecule has 0 spiro atoms. The monoisotopic (exact) mass is 337 g/mol. The number of hydrogen-bond donors (Lipinski definition) is 1. The highest BCUT2D eigenvalue weighted by Crippen LogP contribution is 2.27. The van der Waals surface area contributed by atoms with Gasteiger partial charge in [0.2, 0.25) is 0 Å². The van der Waals surface area contributed by atoms with Crippen molar-refractivity contribution in [2.45, 2.75) is 39.3 Å². The summed E-state index contributed by atoms with van der Waals surface area (Å²) < 4.78 is 8.71. The summed E-state index contributed by atoms with van der Waals surface area (Å²) in [5.41, 5.74) is 7.01. The number of rotatable bonds is 6. The fourth-order valence-corrected chi connectivity index (χ4v) is 2.51. The van der Waals surface area contributed by atoms with Crippen molar-refractivity contribution >= 4 is 15.9 Å². The Morgan fingerprint density at radius 1 is 1.40 bits per heavy atom. The predicted molar refractivity (Wildman–Crippen MR) is 84.1 cm³/mol. The van der Waals surface area contributed by atoms with Gasteiger partial charge >= 0.3 is 0 Å². The summed E-state index contributed by atoms with van der Waals surface area (Å²) in [6.07, 6.45) is 5.54. The van der Waals surface area contributed by atoms with Gasteiger partial charge in [0, 0.05) is 17.1 Å². The van der Waals surface area contributed by atoms with Gasteiger partial charge in [-0.15, -0.1) is 0 Å². The van der Waals surface area contributed by atoms with Crippen LogP contribution in [0, 0.1) is 0 Å². The van der Waals surface area contributed by atoms with Crippen molar-refractivity contribution in [3.63, 3.8) is 0 Å². The molecular formula is C15H20BrN3O. The van der Waals surface area contributed by atoms with Crippen LogP contribution in [0.4, 0.5) is 0 Å². The molecule has 0 aliphatic rings. The third kappa shape index (κ3) is 4.08. The van der Waals surface area contributed by atoms with Crippen LogP contribution in [0.5, 0.6) is 11.5 Å². The van der Waals surface area contributed by atoms with Gasteiger partial charge in [0.15, 0.2) is 5.75 Å². The number of ether oxygens (including phenoxy) is 1. The lowest BCUT2D eigenvalue weighted by Gasteiger charge is -2.09. The first-order chi connectivity index (χ1) is 9.58. The highest BCUT2D eigenvalue weighted by atomic mass is 79.9. The highest BCUT2D eigenvalue weighted by Gasteiger charge is 2.06. The van der Waals surface area contributed by atoms with Gasteiger partial charge in [0.05, 0.1) is 12.4 Å². The highest BCUT2D eigenvalue weighted by molar-refractivity contribution is 9.10. The molecule has 0 radical (unpaired) electrons. The molecule has 2 rings (SSSR count). The lowest BCUT2D eigenvalue weighted by atomic mass is 10.1. The third-order valence-corrected chi connectivity index (χ3v) is 3.60.